The Hall–Kier alpha value is -0.890. The highest BCUT2D eigenvalue weighted by Gasteiger charge is 2.40. The third-order valence-electron chi connectivity index (χ3n) is 4.02. The smallest absolute Gasteiger partial charge is 0.120 e. The van der Waals surface area contributed by atoms with E-state index < -0.39 is 5.60 Å². The van der Waals surface area contributed by atoms with Crippen LogP contribution in [0.5, 0.6) is 0 Å². The number of aldehydes is 1. The lowest BCUT2D eigenvalue weighted by Gasteiger charge is -2.42. The second-order valence-electron chi connectivity index (χ2n) is 7.63. The summed E-state index contributed by atoms with van der Waals surface area (Å²) in [4.78, 5) is 10.6. The van der Waals surface area contributed by atoms with Crippen molar-refractivity contribution in [3.63, 3.8) is 0 Å². The molecule has 0 bridgehead atoms. The maximum atomic E-state index is 10.9. The number of hydrogen-bond donors (Lipinski definition) is 1. The van der Waals surface area contributed by atoms with Crippen LogP contribution in [0.2, 0.25) is 0 Å². The van der Waals surface area contributed by atoms with Crippen molar-refractivity contribution in [1.29, 1.82) is 0 Å². The van der Waals surface area contributed by atoms with Crippen LogP contribution in [0.15, 0.2) is 23.8 Å². The topological polar surface area (TPSA) is 37.3 Å². The maximum absolute atomic E-state index is 10.9. The third-order valence-corrected chi connectivity index (χ3v) is 4.02. The van der Waals surface area contributed by atoms with Crippen molar-refractivity contribution in [2.75, 3.05) is 0 Å². The van der Waals surface area contributed by atoms with Crippen LogP contribution in [-0.2, 0) is 4.79 Å². The molecule has 1 rings (SSSR count). The average molecular weight is 264 g/mol. The molecule has 1 N–H and O–H groups in total. The SMILES string of the molecule is CC(C)(C)C1=CC(O)(C(C)(C)C)C=CC1CCC=O. The van der Waals surface area contributed by atoms with Crippen molar-refractivity contribution in [2.24, 2.45) is 16.7 Å². The van der Waals surface area contributed by atoms with E-state index >= 15 is 0 Å². The van der Waals surface area contributed by atoms with Gasteiger partial charge in [-0.15, -0.1) is 0 Å². The quantitative estimate of drug-likeness (QED) is 0.620. The number of carbonyl (C=O) groups excluding carboxylic acids is 1. The summed E-state index contributed by atoms with van der Waals surface area (Å²) in [6.07, 6.45) is 8.36. The monoisotopic (exact) mass is 264 g/mol. The molecule has 19 heavy (non-hydrogen) atoms. The van der Waals surface area contributed by atoms with Crippen molar-refractivity contribution >= 4 is 6.29 Å². The zero-order valence-electron chi connectivity index (χ0n) is 13.2. The summed E-state index contributed by atoms with van der Waals surface area (Å²) < 4.78 is 0. The minimum atomic E-state index is -0.909. The van der Waals surface area contributed by atoms with Crippen LogP contribution < -0.4 is 0 Å². The Morgan fingerprint density at radius 1 is 1.26 bits per heavy atom. The van der Waals surface area contributed by atoms with Crippen LogP contribution in [0.3, 0.4) is 0 Å². The second-order valence-corrected chi connectivity index (χ2v) is 7.63. The molecule has 0 fully saturated rings. The lowest BCUT2D eigenvalue weighted by molar-refractivity contribution is -0.108. The summed E-state index contributed by atoms with van der Waals surface area (Å²) >= 11 is 0. The summed E-state index contributed by atoms with van der Waals surface area (Å²) in [7, 11) is 0. The molecule has 0 saturated carbocycles. The summed E-state index contributed by atoms with van der Waals surface area (Å²) in [5.41, 5.74) is 0.0785. The molecular formula is C17H28O2. The summed E-state index contributed by atoms with van der Waals surface area (Å²) in [5.74, 6) is 0.257. The predicted octanol–water partition coefficient (Wildman–Crippen LogP) is 3.90. The van der Waals surface area contributed by atoms with E-state index in [2.05, 4.69) is 26.8 Å². The van der Waals surface area contributed by atoms with E-state index in [4.69, 9.17) is 0 Å². The molecule has 2 heteroatoms. The number of hydrogen-bond acceptors (Lipinski definition) is 2. The Labute approximate surface area is 117 Å². The normalized spacial score (nSPS) is 28.2. The highest BCUT2D eigenvalue weighted by Crippen LogP contribution is 2.44. The predicted molar refractivity (Wildman–Crippen MR) is 79.9 cm³/mol. The van der Waals surface area contributed by atoms with Crippen LogP contribution in [-0.4, -0.2) is 17.0 Å². The number of rotatable bonds is 3. The van der Waals surface area contributed by atoms with Crippen LogP contribution in [0.1, 0.15) is 54.4 Å². The average Bonchev–Trinajstić information content (AvgIpc) is 2.24. The van der Waals surface area contributed by atoms with Crippen LogP contribution >= 0.6 is 0 Å². The summed E-state index contributed by atoms with van der Waals surface area (Å²) in [6.45, 7) is 12.6. The molecule has 0 aromatic rings. The minimum absolute atomic E-state index is 0.00244. The molecule has 0 radical (unpaired) electrons. The van der Waals surface area contributed by atoms with E-state index in [1.807, 2.05) is 32.9 Å². The zero-order valence-corrected chi connectivity index (χ0v) is 13.2. The van der Waals surface area contributed by atoms with Crippen molar-refractivity contribution in [2.45, 2.75) is 60.0 Å². The Morgan fingerprint density at radius 2 is 1.84 bits per heavy atom. The van der Waals surface area contributed by atoms with Crippen LogP contribution in [0.4, 0.5) is 0 Å². The van der Waals surface area contributed by atoms with Gasteiger partial charge in [-0.05, 0) is 29.2 Å². The van der Waals surface area contributed by atoms with Crippen molar-refractivity contribution < 1.29 is 9.90 Å². The Bertz CT molecular complexity index is 390. The van der Waals surface area contributed by atoms with Gasteiger partial charge in [-0.25, -0.2) is 0 Å². The van der Waals surface area contributed by atoms with E-state index in [0.717, 1.165) is 12.7 Å². The van der Waals surface area contributed by atoms with Gasteiger partial charge in [-0.2, -0.15) is 0 Å². The first-order chi connectivity index (χ1) is 8.51. The van der Waals surface area contributed by atoms with E-state index in [1.54, 1.807) is 0 Å². The highest BCUT2D eigenvalue weighted by molar-refractivity contribution is 5.49. The van der Waals surface area contributed by atoms with E-state index in [9.17, 15) is 9.90 Å². The van der Waals surface area contributed by atoms with Gasteiger partial charge in [0.2, 0.25) is 0 Å². The first-order valence-corrected chi connectivity index (χ1v) is 7.10. The van der Waals surface area contributed by atoms with Gasteiger partial charge in [0.15, 0.2) is 0 Å². The molecule has 108 valence electrons. The van der Waals surface area contributed by atoms with Gasteiger partial charge in [0.25, 0.3) is 0 Å². The molecular weight excluding hydrogens is 236 g/mol. The first-order valence-electron chi connectivity index (χ1n) is 7.10. The molecule has 2 unspecified atom stereocenters. The fourth-order valence-electron chi connectivity index (χ4n) is 2.50. The molecule has 2 nitrogen and oxygen atoms in total. The van der Waals surface area contributed by atoms with Gasteiger partial charge < -0.3 is 9.90 Å². The molecule has 0 amide bonds. The van der Waals surface area contributed by atoms with Gasteiger partial charge in [-0.3, -0.25) is 0 Å². The third kappa shape index (κ3) is 3.56. The second kappa shape index (κ2) is 5.24. The lowest BCUT2D eigenvalue weighted by Crippen LogP contribution is -2.42. The number of aliphatic hydroxyl groups is 1. The Balaban J connectivity index is 3.16. The van der Waals surface area contributed by atoms with Gasteiger partial charge >= 0.3 is 0 Å². The molecule has 1 aliphatic carbocycles. The number of carbonyl (C=O) groups is 1. The largest absolute Gasteiger partial charge is 0.381 e. The Morgan fingerprint density at radius 3 is 2.26 bits per heavy atom. The highest BCUT2D eigenvalue weighted by atomic mass is 16.3. The van der Waals surface area contributed by atoms with E-state index in [-0.39, 0.29) is 16.7 Å². The molecule has 0 aromatic heterocycles. The minimum Gasteiger partial charge on any atom is -0.381 e. The van der Waals surface area contributed by atoms with Gasteiger partial charge in [0.1, 0.15) is 11.9 Å². The first kappa shape index (κ1) is 16.2. The molecule has 0 aromatic carbocycles. The molecule has 0 aliphatic heterocycles. The summed E-state index contributed by atoms with van der Waals surface area (Å²) in [6, 6.07) is 0. The Kier molecular flexibility index (Phi) is 4.46. The van der Waals surface area contributed by atoms with Crippen molar-refractivity contribution in [3.05, 3.63) is 23.8 Å². The summed E-state index contributed by atoms with van der Waals surface area (Å²) in [5, 5.41) is 10.9. The lowest BCUT2D eigenvalue weighted by atomic mass is 9.66. The molecule has 0 spiro atoms. The zero-order chi connectivity index (χ0) is 14.9. The standard InChI is InChI=1S/C17H28O2/c1-15(2,3)14-12-17(19,16(4,5)6)10-9-13(14)8-7-11-18/h9-13,19H,7-8H2,1-6H3. The fourth-order valence-corrected chi connectivity index (χ4v) is 2.50. The molecule has 0 saturated heterocycles. The van der Waals surface area contributed by atoms with Gasteiger partial charge in [0, 0.05) is 6.42 Å². The fraction of sp³-hybridized carbons (Fsp3) is 0.706. The molecule has 0 heterocycles. The van der Waals surface area contributed by atoms with E-state index in [0.29, 0.717) is 6.42 Å². The number of allylic oxidation sites excluding steroid dienone is 2. The van der Waals surface area contributed by atoms with Crippen LogP contribution in [0.25, 0.3) is 0 Å². The molecule has 1 aliphatic rings. The van der Waals surface area contributed by atoms with Gasteiger partial charge in [0.05, 0.1) is 0 Å². The van der Waals surface area contributed by atoms with Crippen molar-refractivity contribution in [1.82, 2.24) is 0 Å². The molecule has 2 atom stereocenters. The van der Waals surface area contributed by atoms with Crippen molar-refractivity contribution in [3.8, 4) is 0 Å². The maximum Gasteiger partial charge on any atom is 0.120 e. The van der Waals surface area contributed by atoms with Gasteiger partial charge in [-0.1, -0.05) is 59.3 Å². The van der Waals surface area contributed by atoms with E-state index in [1.165, 1.54) is 5.57 Å². The van der Waals surface area contributed by atoms with Crippen LogP contribution in [0, 0.1) is 16.7 Å².